The van der Waals surface area contributed by atoms with Crippen LogP contribution in [0.25, 0.3) is 10.9 Å². The SMILES string of the molecule is Cc1ccccc1Nc1nc(C(F)(F)F)nc2ccccc12. The summed E-state index contributed by atoms with van der Waals surface area (Å²) in [6.45, 7) is 1.87. The molecule has 1 aromatic heterocycles. The Kier molecular flexibility index (Phi) is 3.44. The van der Waals surface area contributed by atoms with Gasteiger partial charge in [0.25, 0.3) is 0 Å². The zero-order valence-corrected chi connectivity index (χ0v) is 11.6. The molecule has 0 atom stereocenters. The summed E-state index contributed by atoms with van der Waals surface area (Å²) in [4.78, 5) is 7.26. The van der Waals surface area contributed by atoms with Crippen molar-refractivity contribution in [3.05, 3.63) is 59.9 Å². The summed E-state index contributed by atoms with van der Waals surface area (Å²) < 4.78 is 38.9. The number of para-hydroxylation sites is 2. The molecule has 3 aromatic rings. The van der Waals surface area contributed by atoms with Gasteiger partial charge in [-0.1, -0.05) is 30.3 Å². The molecule has 0 saturated carbocycles. The highest BCUT2D eigenvalue weighted by Gasteiger charge is 2.35. The van der Waals surface area contributed by atoms with E-state index >= 15 is 0 Å². The van der Waals surface area contributed by atoms with Crippen molar-refractivity contribution in [2.75, 3.05) is 5.32 Å². The molecule has 0 unspecified atom stereocenters. The van der Waals surface area contributed by atoms with E-state index in [1.165, 1.54) is 6.07 Å². The second-order valence-corrected chi connectivity index (χ2v) is 4.85. The summed E-state index contributed by atoms with van der Waals surface area (Å²) >= 11 is 0. The standard InChI is InChI=1S/C16H12F3N3/c1-10-6-2-4-8-12(10)20-14-11-7-3-5-9-13(11)21-15(22-14)16(17,18)19/h2-9H,1H3,(H,20,21,22). The molecule has 3 rings (SSSR count). The number of aryl methyl sites for hydroxylation is 1. The Hall–Kier alpha value is -2.63. The third-order valence-electron chi connectivity index (χ3n) is 3.25. The summed E-state index contributed by atoms with van der Waals surface area (Å²) in [5.74, 6) is -1.01. The van der Waals surface area contributed by atoms with E-state index in [-0.39, 0.29) is 11.3 Å². The van der Waals surface area contributed by atoms with Crippen LogP contribution in [0.1, 0.15) is 11.4 Å². The molecule has 2 aromatic carbocycles. The molecule has 0 bridgehead atoms. The molecular weight excluding hydrogens is 291 g/mol. The van der Waals surface area contributed by atoms with Gasteiger partial charge in [0.1, 0.15) is 5.82 Å². The Bertz CT molecular complexity index is 828. The van der Waals surface area contributed by atoms with Crippen LogP contribution in [0, 0.1) is 6.92 Å². The molecule has 0 amide bonds. The summed E-state index contributed by atoms with van der Waals surface area (Å²) in [5.41, 5.74) is 1.87. The third kappa shape index (κ3) is 2.72. The highest BCUT2D eigenvalue weighted by atomic mass is 19.4. The van der Waals surface area contributed by atoms with Gasteiger partial charge >= 0.3 is 6.18 Å². The van der Waals surface area contributed by atoms with Gasteiger partial charge in [0.05, 0.1) is 5.52 Å². The van der Waals surface area contributed by atoms with Crippen molar-refractivity contribution in [3.63, 3.8) is 0 Å². The molecule has 0 aliphatic carbocycles. The van der Waals surface area contributed by atoms with Crippen molar-refractivity contribution in [2.45, 2.75) is 13.1 Å². The molecule has 112 valence electrons. The Morgan fingerprint density at radius 1 is 0.909 bits per heavy atom. The van der Waals surface area contributed by atoms with Crippen LogP contribution in [0.4, 0.5) is 24.7 Å². The zero-order valence-electron chi connectivity index (χ0n) is 11.6. The monoisotopic (exact) mass is 303 g/mol. The van der Waals surface area contributed by atoms with Gasteiger partial charge in [-0.15, -0.1) is 0 Å². The van der Waals surface area contributed by atoms with E-state index < -0.39 is 12.0 Å². The Balaban J connectivity index is 2.17. The van der Waals surface area contributed by atoms with Crippen LogP contribution in [0.2, 0.25) is 0 Å². The van der Waals surface area contributed by atoms with Crippen molar-refractivity contribution >= 4 is 22.4 Å². The number of hydrogen-bond acceptors (Lipinski definition) is 3. The second-order valence-electron chi connectivity index (χ2n) is 4.85. The van der Waals surface area contributed by atoms with Crippen molar-refractivity contribution < 1.29 is 13.2 Å². The van der Waals surface area contributed by atoms with E-state index in [4.69, 9.17) is 0 Å². The predicted octanol–water partition coefficient (Wildman–Crippen LogP) is 4.70. The fourth-order valence-electron chi connectivity index (χ4n) is 2.14. The minimum absolute atomic E-state index is 0.146. The lowest BCUT2D eigenvalue weighted by molar-refractivity contribution is -0.144. The van der Waals surface area contributed by atoms with Crippen LogP contribution >= 0.6 is 0 Å². The first-order valence-electron chi connectivity index (χ1n) is 6.62. The van der Waals surface area contributed by atoms with Crippen molar-refractivity contribution in [1.29, 1.82) is 0 Å². The van der Waals surface area contributed by atoms with Crippen LogP contribution in [-0.4, -0.2) is 9.97 Å². The number of benzene rings is 2. The lowest BCUT2D eigenvalue weighted by Crippen LogP contribution is -2.12. The third-order valence-corrected chi connectivity index (χ3v) is 3.25. The first-order chi connectivity index (χ1) is 10.4. The minimum atomic E-state index is -4.59. The molecular formula is C16H12F3N3. The van der Waals surface area contributed by atoms with Crippen LogP contribution in [0.15, 0.2) is 48.5 Å². The number of nitrogens with one attached hydrogen (secondary N) is 1. The van der Waals surface area contributed by atoms with Crippen molar-refractivity contribution in [2.24, 2.45) is 0 Å². The van der Waals surface area contributed by atoms with Crippen LogP contribution in [0.3, 0.4) is 0 Å². The number of alkyl halides is 3. The lowest BCUT2D eigenvalue weighted by Gasteiger charge is -2.13. The van der Waals surface area contributed by atoms with E-state index in [2.05, 4.69) is 15.3 Å². The van der Waals surface area contributed by atoms with E-state index in [0.717, 1.165) is 5.56 Å². The number of hydrogen-bond donors (Lipinski definition) is 1. The minimum Gasteiger partial charge on any atom is -0.339 e. The average Bonchev–Trinajstić information content (AvgIpc) is 2.48. The van der Waals surface area contributed by atoms with Crippen LogP contribution in [-0.2, 0) is 6.18 Å². The maximum absolute atomic E-state index is 13.0. The molecule has 0 aliphatic heterocycles. The van der Waals surface area contributed by atoms with Crippen molar-refractivity contribution in [1.82, 2.24) is 9.97 Å². The number of halogens is 3. The smallest absolute Gasteiger partial charge is 0.339 e. The van der Waals surface area contributed by atoms with Crippen LogP contribution in [0.5, 0.6) is 0 Å². The Morgan fingerprint density at radius 3 is 2.32 bits per heavy atom. The zero-order chi connectivity index (χ0) is 15.7. The van der Waals surface area contributed by atoms with E-state index in [9.17, 15) is 13.2 Å². The summed E-state index contributed by atoms with van der Waals surface area (Å²) in [7, 11) is 0. The topological polar surface area (TPSA) is 37.8 Å². The first-order valence-corrected chi connectivity index (χ1v) is 6.62. The molecule has 0 spiro atoms. The van der Waals surface area contributed by atoms with E-state index in [1.54, 1.807) is 24.3 Å². The molecule has 0 aliphatic rings. The number of aromatic nitrogens is 2. The van der Waals surface area contributed by atoms with Crippen LogP contribution < -0.4 is 5.32 Å². The predicted molar refractivity (Wildman–Crippen MR) is 79.0 cm³/mol. The molecule has 1 N–H and O–H groups in total. The van der Waals surface area contributed by atoms with E-state index in [0.29, 0.717) is 11.1 Å². The Morgan fingerprint density at radius 2 is 1.59 bits per heavy atom. The quantitative estimate of drug-likeness (QED) is 0.745. The normalized spacial score (nSPS) is 11.6. The van der Waals surface area contributed by atoms with Gasteiger partial charge < -0.3 is 5.32 Å². The first kappa shape index (κ1) is 14.3. The summed E-state index contributed by atoms with van der Waals surface area (Å²) in [6.07, 6.45) is -4.59. The molecule has 6 heteroatoms. The van der Waals surface area contributed by atoms with Gasteiger partial charge in [0.2, 0.25) is 5.82 Å². The molecule has 22 heavy (non-hydrogen) atoms. The van der Waals surface area contributed by atoms with Crippen molar-refractivity contribution in [3.8, 4) is 0 Å². The maximum atomic E-state index is 13.0. The highest BCUT2D eigenvalue weighted by molar-refractivity contribution is 5.91. The maximum Gasteiger partial charge on any atom is 0.451 e. The molecule has 1 heterocycles. The highest BCUT2D eigenvalue weighted by Crippen LogP contribution is 2.31. The second kappa shape index (κ2) is 5.29. The molecule has 0 saturated heterocycles. The summed E-state index contributed by atoms with van der Waals surface area (Å²) in [5, 5.41) is 3.52. The molecule has 0 radical (unpaired) electrons. The van der Waals surface area contributed by atoms with Gasteiger partial charge in [0, 0.05) is 11.1 Å². The van der Waals surface area contributed by atoms with Gasteiger partial charge in [-0.2, -0.15) is 13.2 Å². The van der Waals surface area contributed by atoms with E-state index in [1.807, 2.05) is 25.1 Å². The average molecular weight is 303 g/mol. The number of rotatable bonds is 2. The largest absolute Gasteiger partial charge is 0.451 e. The fourth-order valence-corrected chi connectivity index (χ4v) is 2.14. The molecule has 3 nitrogen and oxygen atoms in total. The number of fused-ring (bicyclic) bond motifs is 1. The lowest BCUT2D eigenvalue weighted by atomic mass is 10.2. The summed E-state index contributed by atoms with van der Waals surface area (Å²) in [6, 6.07) is 13.9. The van der Waals surface area contributed by atoms with Gasteiger partial charge in [0.15, 0.2) is 0 Å². The molecule has 0 fully saturated rings. The van der Waals surface area contributed by atoms with Gasteiger partial charge in [-0.05, 0) is 30.7 Å². The fraction of sp³-hybridized carbons (Fsp3) is 0.125. The van der Waals surface area contributed by atoms with Gasteiger partial charge in [-0.25, -0.2) is 9.97 Å². The number of anilines is 2. The number of nitrogens with zero attached hydrogens (tertiary/aromatic N) is 2. The van der Waals surface area contributed by atoms with Gasteiger partial charge in [-0.3, -0.25) is 0 Å². The Labute approximate surface area is 124 Å².